The number of nitrogens with zero attached hydrogens (tertiary/aromatic N) is 3. The molecule has 182 valence electrons. The van der Waals surface area contributed by atoms with Crippen molar-refractivity contribution in [1.29, 1.82) is 0 Å². The number of hydrogen-bond donors (Lipinski definition) is 1. The van der Waals surface area contributed by atoms with Gasteiger partial charge in [0.2, 0.25) is 5.91 Å². The van der Waals surface area contributed by atoms with Crippen LogP contribution in [0.4, 0.5) is 0 Å². The molecule has 2 amide bonds. The third-order valence-electron chi connectivity index (χ3n) is 7.79. The minimum Gasteiger partial charge on any atom is -0.494 e. The molecule has 1 aromatic carbocycles. The van der Waals surface area contributed by atoms with Crippen LogP contribution in [-0.4, -0.2) is 50.7 Å². The average molecular weight is 465 g/mol. The van der Waals surface area contributed by atoms with Crippen molar-refractivity contribution in [2.45, 2.75) is 95.8 Å². The van der Waals surface area contributed by atoms with Crippen LogP contribution >= 0.6 is 0 Å². The number of fused-ring (bicyclic) bond motifs is 1. The number of carbonyl (C=O) groups excluding carboxylic acids is 2. The van der Waals surface area contributed by atoms with E-state index in [9.17, 15) is 9.59 Å². The third kappa shape index (κ3) is 4.21. The number of hydrogen-bond acceptors (Lipinski definition) is 4. The Morgan fingerprint density at radius 2 is 1.76 bits per heavy atom. The Kier molecular flexibility index (Phi) is 6.36. The predicted octanol–water partition coefficient (Wildman–Crippen LogP) is 4.55. The van der Waals surface area contributed by atoms with E-state index in [0.29, 0.717) is 18.8 Å². The van der Waals surface area contributed by atoms with Crippen LogP contribution in [0.15, 0.2) is 30.3 Å². The molecule has 2 aliphatic carbocycles. The largest absolute Gasteiger partial charge is 0.494 e. The first kappa shape index (κ1) is 22.9. The van der Waals surface area contributed by atoms with Crippen LogP contribution in [0.1, 0.15) is 82.1 Å². The molecule has 2 heterocycles. The van der Waals surface area contributed by atoms with Gasteiger partial charge in [-0.15, -0.1) is 0 Å². The van der Waals surface area contributed by atoms with E-state index < -0.39 is 5.54 Å². The Morgan fingerprint density at radius 1 is 1.09 bits per heavy atom. The molecule has 1 aliphatic heterocycles. The number of rotatable bonds is 6. The van der Waals surface area contributed by atoms with Crippen LogP contribution in [0.2, 0.25) is 0 Å². The molecule has 1 aromatic heterocycles. The molecular formula is C27H36N4O3. The Bertz CT molecular complexity index is 1030. The molecule has 7 nitrogen and oxygen atoms in total. The standard InChI is InChI=1S/C27H36N4O3/c1-3-34-22-15-13-19(14-16-22)23-17-24-25(32)31(21-11-7-8-12-21)27(2,18-30(24)29-23)26(33)28-20-9-5-4-6-10-20/h13-17,20-21H,3-12,18H2,1-2H3,(H,28,33)/t27-/m0/s1. The summed E-state index contributed by atoms with van der Waals surface area (Å²) in [7, 11) is 0. The Balaban J connectivity index is 1.46. The van der Waals surface area contributed by atoms with E-state index in [2.05, 4.69) is 5.32 Å². The summed E-state index contributed by atoms with van der Waals surface area (Å²) >= 11 is 0. The highest BCUT2D eigenvalue weighted by molar-refractivity contribution is 6.00. The molecular weight excluding hydrogens is 428 g/mol. The number of amides is 2. The molecule has 7 heteroatoms. The molecule has 3 aliphatic rings. The van der Waals surface area contributed by atoms with E-state index in [-0.39, 0.29) is 23.9 Å². The number of nitrogens with one attached hydrogen (secondary N) is 1. The van der Waals surface area contributed by atoms with Gasteiger partial charge >= 0.3 is 0 Å². The smallest absolute Gasteiger partial charge is 0.273 e. The normalized spacial score (nSPS) is 23.7. The topological polar surface area (TPSA) is 76.5 Å². The molecule has 2 fully saturated rings. The minimum absolute atomic E-state index is 0.0385. The number of aromatic nitrogens is 2. The molecule has 2 saturated carbocycles. The van der Waals surface area contributed by atoms with Crippen LogP contribution in [0.3, 0.4) is 0 Å². The summed E-state index contributed by atoms with van der Waals surface area (Å²) in [6, 6.07) is 9.96. The fraction of sp³-hybridized carbons (Fsp3) is 0.593. The first-order valence-corrected chi connectivity index (χ1v) is 13.0. The second-order valence-corrected chi connectivity index (χ2v) is 10.2. The van der Waals surface area contributed by atoms with Gasteiger partial charge in [-0.2, -0.15) is 5.10 Å². The van der Waals surface area contributed by atoms with Gasteiger partial charge in [-0.1, -0.05) is 32.1 Å². The van der Waals surface area contributed by atoms with Gasteiger partial charge in [0.25, 0.3) is 5.91 Å². The molecule has 1 atom stereocenters. The lowest BCUT2D eigenvalue weighted by Crippen LogP contribution is -2.67. The molecule has 0 saturated heterocycles. The highest BCUT2D eigenvalue weighted by atomic mass is 16.5. The summed E-state index contributed by atoms with van der Waals surface area (Å²) in [5, 5.41) is 8.08. The predicted molar refractivity (Wildman–Crippen MR) is 131 cm³/mol. The maximum atomic E-state index is 13.9. The summed E-state index contributed by atoms with van der Waals surface area (Å²) in [6.07, 6.45) is 9.71. The van der Waals surface area contributed by atoms with Crippen molar-refractivity contribution in [1.82, 2.24) is 20.0 Å². The second-order valence-electron chi connectivity index (χ2n) is 10.2. The highest BCUT2D eigenvalue weighted by Crippen LogP contribution is 2.37. The number of carbonyl (C=O) groups is 2. The van der Waals surface area contributed by atoms with Crippen molar-refractivity contribution in [2.24, 2.45) is 0 Å². The maximum absolute atomic E-state index is 13.9. The van der Waals surface area contributed by atoms with Crippen LogP contribution in [-0.2, 0) is 11.3 Å². The van der Waals surface area contributed by atoms with E-state index in [0.717, 1.165) is 68.4 Å². The van der Waals surface area contributed by atoms with Gasteiger partial charge in [0.05, 0.1) is 18.8 Å². The number of ether oxygens (including phenoxy) is 1. The van der Waals surface area contributed by atoms with Crippen molar-refractivity contribution < 1.29 is 14.3 Å². The van der Waals surface area contributed by atoms with Crippen molar-refractivity contribution >= 4 is 11.8 Å². The Labute approximate surface area is 201 Å². The van der Waals surface area contributed by atoms with Crippen molar-refractivity contribution in [2.75, 3.05) is 6.61 Å². The van der Waals surface area contributed by atoms with Gasteiger partial charge in [-0.3, -0.25) is 14.3 Å². The van der Waals surface area contributed by atoms with Crippen molar-refractivity contribution in [3.05, 3.63) is 36.0 Å². The van der Waals surface area contributed by atoms with Crippen LogP contribution < -0.4 is 10.1 Å². The molecule has 5 rings (SSSR count). The first-order valence-electron chi connectivity index (χ1n) is 13.0. The SMILES string of the molecule is CCOc1ccc(-c2cc3n(n2)C[C@@](C)(C(=O)NC2CCCCC2)N(C2CCCC2)C3=O)cc1. The van der Waals surface area contributed by atoms with E-state index in [1.807, 2.05) is 49.1 Å². The third-order valence-corrected chi connectivity index (χ3v) is 7.79. The van der Waals surface area contributed by atoms with Crippen molar-refractivity contribution in [3.63, 3.8) is 0 Å². The monoisotopic (exact) mass is 464 g/mol. The summed E-state index contributed by atoms with van der Waals surface area (Å²) < 4.78 is 7.30. The highest BCUT2D eigenvalue weighted by Gasteiger charge is 2.51. The van der Waals surface area contributed by atoms with E-state index in [1.165, 1.54) is 6.42 Å². The summed E-state index contributed by atoms with van der Waals surface area (Å²) in [4.78, 5) is 29.5. The molecule has 1 N–H and O–H groups in total. The first-order chi connectivity index (χ1) is 16.5. The van der Waals surface area contributed by atoms with E-state index in [1.54, 1.807) is 4.68 Å². The fourth-order valence-corrected chi connectivity index (χ4v) is 5.95. The lowest BCUT2D eigenvalue weighted by atomic mass is 9.90. The minimum atomic E-state index is -0.946. The zero-order valence-electron chi connectivity index (χ0n) is 20.4. The van der Waals surface area contributed by atoms with Gasteiger partial charge in [0.15, 0.2) is 0 Å². The molecule has 0 unspecified atom stereocenters. The zero-order chi connectivity index (χ0) is 23.7. The molecule has 0 bridgehead atoms. The Hall–Kier alpha value is -2.83. The molecule has 2 aromatic rings. The molecule has 0 radical (unpaired) electrons. The van der Waals surface area contributed by atoms with Gasteiger partial charge < -0.3 is 15.0 Å². The average Bonchev–Trinajstić information content (AvgIpc) is 3.51. The zero-order valence-corrected chi connectivity index (χ0v) is 20.4. The molecule has 34 heavy (non-hydrogen) atoms. The van der Waals surface area contributed by atoms with Crippen LogP contribution in [0, 0.1) is 0 Å². The van der Waals surface area contributed by atoms with Gasteiger partial charge in [-0.25, -0.2) is 0 Å². The summed E-state index contributed by atoms with van der Waals surface area (Å²) in [5.74, 6) is 0.693. The van der Waals surface area contributed by atoms with E-state index >= 15 is 0 Å². The van der Waals surface area contributed by atoms with Gasteiger partial charge in [0.1, 0.15) is 17.0 Å². The van der Waals surface area contributed by atoms with E-state index in [4.69, 9.17) is 9.84 Å². The van der Waals surface area contributed by atoms with Crippen LogP contribution in [0.5, 0.6) is 5.75 Å². The van der Waals surface area contributed by atoms with Gasteiger partial charge in [0, 0.05) is 17.6 Å². The Morgan fingerprint density at radius 3 is 2.44 bits per heavy atom. The van der Waals surface area contributed by atoms with Crippen LogP contribution in [0.25, 0.3) is 11.3 Å². The quantitative estimate of drug-likeness (QED) is 0.680. The second kappa shape index (κ2) is 9.43. The maximum Gasteiger partial charge on any atom is 0.273 e. The summed E-state index contributed by atoms with van der Waals surface area (Å²) in [6.45, 7) is 4.88. The summed E-state index contributed by atoms with van der Waals surface area (Å²) in [5.41, 5.74) is 1.30. The lowest BCUT2D eigenvalue weighted by molar-refractivity contribution is -0.135. The molecule has 0 spiro atoms. The van der Waals surface area contributed by atoms with Gasteiger partial charge in [-0.05, 0) is 69.9 Å². The fourth-order valence-electron chi connectivity index (χ4n) is 5.95. The lowest BCUT2D eigenvalue weighted by Gasteiger charge is -2.47. The number of benzene rings is 1. The van der Waals surface area contributed by atoms with Crippen molar-refractivity contribution in [3.8, 4) is 17.0 Å².